The van der Waals surface area contributed by atoms with Crippen LogP contribution < -0.4 is 15.5 Å². The van der Waals surface area contributed by atoms with E-state index in [0.717, 1.165) is 10.6 Å². The summed E-state index contributed by atoms with van der Waals surface area (Å²) in [5.41, 5.74) is 2.39. The lowest BCUT2D eigenvalue weighted by molar-refractivity contribution is 0.0985. The van der Waals surface area contributed by atoms with E-state index < -0.39 is 14.6 Å². The highest BCUT2D eigenvalue weighted by molar-refractivity contribution is 7.94. The van der Waals surface area contributed by atoms with Crippen LogP contribution in [0.5, 0.6) is 0 Å². The van der Waals surface area contributed by atoms with Gasteiger partial charge in [-0.15, -0.1) is 11.3 Å². The summed E-state index contributed by atoms with van der Waals surface area (Å²) in [6.07, 6.45) is 0.991. The molecule has 1 saturated heterocycles. The lowest BCUT2D eigenvalue weighted by Crippen LogP contribution is -2.44. The molecule has 1 aliphatic carbocycles. The molecule has 2 aliphatic rings. The quantitative estimate of drug-likeness (QED) is 0.483. The Morgan fingerprint density at radius 2 is 1.89 bits per heavy atom. The number of anilines is 2. The van der Waals surface area contributed by atoms with Gasteiger partial charge >= 0.3 is 6.03 Å². The van der Waals surface area contributed by atoms with Gasteiger partial charge in [0.25, 0.3) is 0 Å². The van der Waals surface area contributed by atoms with E-state index in [1.165, 1.54) is 11.3 Å². The van der Waals surface area contributed by atoms with Crippen LogP contribution in [0.15, 0.2) is 34.5 Å². The molecule has 5 rings (SSSR count). The topological polar surface area (TPSA) is 126 Å². The number of rotatable bonds is 6. The molecule has 0 unspecified atom stereocenters. The van der Waals surface area contributed by atoms with E-state index >= 15 is 0 Å². The number of carbonyl (C=O) groups is 1. The standard InChI is InChI=1S/C25H30N6O4S2/c1-15-14-35-12-11-31(15)21-13-20(25(9-10-25)37(33,34)23-16(2)27-17(3)36-23)29-22(30-21)18-5-7-19(8-6-18)28-24(32)26-4/h5-8,13,15H,9-12,14H2,1-4H3,(H2,26,28,32)/t15-/m0/s1. The molecule has 12 heteroatoms. The van der Waals surface area contributed by atoms with Gasteiger partial charge in [-0.3, -0.25) is 0 Å². The number of thiazole rings is 1. The van der Waals surface area contributed by atoms with E-state index in [2.05, 4.69) is 27.4 Å². The number of hydrogen-bond acceptors (Lipinski definition) is 9. The first-order chi connectivity index (χ1) is 17.6. The number of hydrogen-bond donors (Lipinski definition) is 2. The smallest absolute Gasteiger partial charge is 0.318 e. The lowest BCUT2D eigenvalue weighted by atomic mass is 10.1. The Balaban J connectivity index is 1.60. The summed E-state index contributed by atoms with van der Waals surface area (Å²) in [6, 6.07) is 8.78. The zero-order valence-corrected chi connectivity index (χ0v) is 22.9. The number of aromatic nitrogens is 3. The SMILES string of the molecule is CNC(=O)Nc1ccc(-c2nc(N3CCOC[C@@H]3C)cc(C3(S(=O)(=O)c4sc(C)nc4C)CC3)n2)cc1. The maximum Gasteiger partial charge on any atom is 0.318 e. The monoisotopic (exact) mass is 542 g/mol. The number of amides is 2. The number of nitrogens with zero attached hydrogens (tertiary/aromatic N) is 4. The molecule has 10 nitrogen and oxygen atoms in total. The highest BCUT2D eigenvalue weighted by Crippen LogP contribution is 2.56. The molecule has 2 N–H and O–H groups in total. The summed E-state index contributed by atoms with van der Waals surface area (Å²) in [6.45, 7) is 7.41. The van der Waals surface area contributed by atoms with E-state index in [9.17, 15) is 13.2 Å². The summed E-state index contributed by atoms with van der Waals surface area (Å²) < 4.78 is 32.7. The fourth-order valence-corrected chi connectivity index (χ4v) is 8.36. The van der Waals surface area contributed by atoms with Crippen molar-refractivity contribution in [1.29, 1.82) is 0 Å². The molecule has 0 radical (unpaired) electrons. The predicted octanol–water partition coefficient (Wildman–Crippen LogP) is 3.66. The molecule has 1 atom stereocenters. The van der Waals surface area contributed by atoms with Crippen LogP contribution in [0.25, 0.3) is 11.4 Å². The van der Waals surface area contributed by atoms with Crippen LogP contribution in [0.4, 0.5) is 16.3 Å². The van der Waals surface area contributed by atoms with Crippen molar-refractivity contribution in [2.45, 2.75) is 48.6 Å². The second-order valence-corrected chi connectivity index (χ2v) is 13.1. The number of benzene rings is 1. The summed E-state index contributed by atoms with van der Waals surface area (Å²) in [4.78, 5) is 27.9. The van der Waals surface area contributed by atoms with Gasteiger partial charge in [0.05, 0.1) is 35.7 Å². The Labute approximate surface area is 220 Å². The predicted molar refractivity (Wildman–Crippen MR) is 143 cm³/mol. The van der Waals surface area contributed by atoms with Crippen LogP contribution in [0.1, 0.15) is 36.2 Å². The van der Waals surface area contributed by atoms with Crippen LogP contribution in [-0.4, -0.2) is 62.2 Å². The maximum atomic E-state index is 14.0. The van der Waals surface area contributed by atoms with Gasteiger partial charge in [-0.05, 0) is 57.9 Å². The Kier molecular flexibility index (Phi) is 6.67. The van der Waals surface area contributed by atoms with Gasteiger partial charge in [0.1, 0.15) is 14.8 Å². The third-order valence-electron chi connectivity index (χ3n) is 6.79. The van der Waals surface area contributed by atoms with E-state index in [4.69, 9.17) is 14.7 Å². The lowest BCUT2D eigenvalue weighted by Gasteiger charge is -2.34. The third kappa shape index (κ3) is 4.69. The molecule has 0 spiro atoms. The van der Waals surface area contributed by atoms with Crippen molar-refractivity contribution < 1.29 is 17.9 Å². The summed E-state index contributed by atoms with van der Waals surface area (Å²) >= 11 is 1.22. The second-order valence-electron chi connectivity index (χ2n) is 9.44. The Hall–Kier alpha value is -3.09. The van der Waals surface area contributed by atoms with Crippen molar-refractivity contribution in [3.8, 4) is 11.4 Å². The number of carbonyl (C=O) groups excluding carboxylic acids is 1. The van der Waals surface area contributed by atoms with Crippen molar-refractivity contribution in [3.63, 3.8) is 0 Å². The molecule has 1 saturated carbocycles. The highest BCUT2D eigenvalue weighted by atomic mass is 32.2. The molecular formula is C25H30N6O4S2. The third-order valence-corrected chi connectivity index (χ3v) is 11.0. The first kappa shape index (κ1) is 25.6. The normalized spacial score (nSPS) is 18.9. The molecule has 2 amide bonds. The highest BCUT2D eigenvalue weighted by Gasteiger charge is 2.59. The molecule has 2 fully saturated rings. The van der Waals surface area contributed by atoms with Crippen molar-refractivity contribution >= 4 is 38.7 Å². The number of nitrogens with one attached hydrogen (secondary N) is 2. The van der Waals surface area contributed by atoms with Crippen molar-refractivity contribution in [3.05, 3.63) is 46.7 Å². The van der Waals surface area contributed by atoms with Gasteiger partial charge in [-0.2, -0.15) is 0 Å². The molecule has 1 aromatic carbocycles. The average molecular weight is 543 g/mol. The number of ether oxygens (including phenoxy) is 1. The van der Waals surface area contributed by atoms with Crippen LogP contribution in [0.2, 0.25) is 0 Å². The Morgan fingerprint density at radius 1 is 1.16 bits per heavy atom. The minimum absolute atomic E-state index is 0.0848. The van der Waals surface area contributed by atoms with E-state index in [1.807, 2.05) is 25.1 Å². The average Bonchev–Trinajstić information content (AvgIpc) is 3.64. The van der Waals surface area contributed by atoms with E-state index in [0.29, 0.717) is 65.5 Å². The molecular weight excluding hydrogens is 512 g/mol. The number of urea groups is 1. The van der Waals surface area contributed by atoms with Crippen LogP contribution in [-0.2, 0) is 19.3 Å². The van der Waals surface area contributed by atoms with Gasteiger partial charge in [-0.25, -0.2) is 28.2 Å². The first-order valence-electron chi connectivity index (χ1n) is 12.2. The molecule has 1 aliphatic heterocycles. The van der Waals surface area contributed by atoms with E-state index in [-0.39, 0.29) is 12.1 Å². The van der Waals surface area contributed by atoms with E-state index in [1.54, 1.807) is 26.1 Å². The van der Waals surface area contributed by atoms with Gasteiger partial charge in [0, 0.05) is 30.9 Å². The van der Waals surface area contributed by atoms with Gasteiger partial charge in [-0.1, -0.05) is 0 Å². The van der Waals surface area contributed by atoms with Crippen LogP contribution >= 0.6 is 11.3 Å². The molecule has 3 aromatic rings. The minimum Gasteiger partial charge on any atom is -0.377 e. The minimum atomic E-state index is -3.71. The van der Waals surface area contributed by atoms with Gasteiger partial charge in [0.15, 0.2) is 5.82 Å². The van der Waals surface area contributed by atoms with Crippen LogP contribution in [0, 0.1) is 13.8 Å². The summed E-state index contributed by atoms with van der Waals surface area (Å²) in [5.74, 6) is 1.12. The molecule has 3 heterocycles. The summed E-state index contributed by atoms with van der Waals surface area (Å²) in [7, 11) is -2.16. The van der Waals surface area contributed by atoms with Crippen molar-refractivity contribution in [2.75, 3.05) is 37.0 Å². The Bertz CT molecular complexity index is 1430. The number of aryl methyl sites for hydroxylation is 2. The first-order valence-corrected chi connectivity index (χ1v) is 14.5. The fraction of sp³-hybridized carbons (Fsp3) is 0.440. The number of sulfone groups is 1. The molecule has 2 aromatic heterocycles. The second kappa shape index (κ2) is 9.66. The zero-order chi connectivity index (χ0) is 26.4. The molecule has 0 bridgehead atoms. The zero-order valence-electron chi connectivity index (χ0n) is 21.2. The van der Waals surface area contributed by atoms with Crippen LogP contribution in [0.3, 0.4) is 0 Å². The molecule has 37 heavy (non-hydrogen) atoms. The van der Waals surface area contributed by atoms with Crippen molar-refractivity contribution in [1.82, 2.24) is 20.3 Å². The van der Waals surface area contributed by atoms with Crippen molar-refractivity contribution in [2.24, 2.45) is 0 Å². The molecule has 196 valence electrons. The Morgan fingerprint density at radius 3 is 2.49 bits per heavy atom. The fourth-order valence-electron chi connectivity index (χ4n) is 4.62. The van der Waals surface area contributed by atoms with Gasteiger partial charge < -0.3 is 20.3 Å². The van der Waals surface area contributed by atoms with Gasteiger partial charge in [0.2, 0.25) is 9.84 Å². The largest absolute Gasteiger partial charge is 0.377 e. The maximum absolute atomic E-state index is 14.0. The number of morpholine rings is 1. The summed E-state index contributed by atoms with van der Waals surface area (Å²) in [5, 5.41) is 5.98.